The van der Waals surface area contributed by atoms with Crippen molar-refractivity contribution in [2.24, 2.45) is 23.7 Å². The highest BCUT2D eigenvalue weighted by Crippen LogP contribution is 2.39. The number of hydrogen-bond acceptors (Lipinski definition) is 2. The molecule has 1 aromatic rings. The number of hydrogen-bond donors (Lipinski definition) is 1. The van der Waals surface area contributed by atoms with Crippen molar-refractivity contribution < 1.29 is 9.90 Å². The van der Waals surface area contributed by atoms with Crippen molar-refractivity contribution in [2.75, 3.05) is 0 Å². The monoisotopic (exact) mass is 302 g/mol. The van der Waals surface area contributed by atoms with Crippen LogP contribution in [0.5, 0.6) is 0 Å². The summed E-state index contributed by atoms with van der Waals surface area (Å²) in [5.41, 5.74) is 0.910. The molecule has 22 heavy (non-hydrogen) atoms. The number of benzene rings is 1. The van der Waals surface area contributed by atoms with Crippen LogP contribution in [0, 0.1) is 23.7 Å². The molecular weight excluding hydrogens is 272 g/mol. The Labute approximate surface area is 134 Å². The Morgan fingerprint density at radius 2 is 1.91 bits per heavy atom. The number of aliphatic hydroxyl groups excluding tert-OH is 1. The molecule has 0 amide bonds. The van der Waals surface area contributed by atoms with Gasteiger partial charge >= 0.3 is 0 Å². The molecule has 2 unspecified atom stereocenters. The van der Waals surface area contributed by atoms with E-state index in [2.05, 4.69) is 20.8 Å². The van der Waals surface area contributed by atoms with Crippen molar-refractivity contribution in [3.05, 3.63) is 35.9 Å². The molecule has 4 atom stereocenters. The van der Waals surface area contributed by atoms with Gasteiger partial charge in [-0.15, -0.1) is 0 Å². The Bertz CT molecular complexity index is 466. The molecule has 0 radical (unpaired) electrons. The van der Waals surface area contributed by atoms with Crippen molar-refractivity contribution in [1.29, 1.82) is 0 Å². The van der Waals surface area contributed by atoms with Gasteiger partial charge in [0.25, 0.3) is 0 Å². The van der Waals surface area contributed by atoms with Gasteiger partial charge in [0.2, 0.25) is 0 Å². The summed E-state index contributed by atoms with van der Waals surface area (Å²) in [5.74, 6) is 2.31. The Hall–Kier alpha value is -1.15. The minimum Gasteiger partial charge on any atom is -0.388 e. The Kier molecular flexibility index (Phi) is 6.19. The molecular formula is C20H30O2. The van der Waals surface area contributed by atoms with Crippen LogP contribution in [0.1, 0.15) is 64.5 Å². The quantitative estimate of drug-likeness (QED) is 0.821. The van der Waals surface area contributed by atoms with E-state index >= 15 is 0 Å². The number of carbonyl (C=O) groups excluding carboxylic acids is 1. The van der Waals surface area contributed by atoms with Gasteiger partial charge in [0, 0.05) is 12.3 Å². The van der Waals surface area contributed by atoms with E-state index in [0.717, 1.165) is 12.0 Å². The summed E-state index contributed by atoms with van der Waals surface area (Å²) in [6.45, 7) is 6.73. The summed E-state index contributed by atoms with van der Waals surface area (Å²) in [5, 5.41) is 10.2. The molecule has 122 valence electrons. The van der Waals surface area contributed by atoms with Gasteiger partial charge in [0.1, 0.15) is 5.78 Å². The summed E-state index contributed by atoms with van der Waals surface area (Å²) in [7, 11) is 0. The number of Topliss-reactive ketones (excluding diaryl/α,β-unsaturated/α-hetero) is 1. The van der Waals surface area contributed by atoms with E-state index < -0.39 is 6.10 Å². The van der Waals surface area contributed by atoms with E-state index in [9.17, 15) is 9.90 Å². The normalized spacial score (nSPS) is 26.9. The molecule has 2 heteroatoms. The Morgan fingerprint density at radius 1 is 1.23 bits per heavy atom. The second-order valence-corrected chi connectivity index (χ2v) is 7.36. The molecule has 0 saturated heterocycles. The van der Waals surface area contributed by atoms with Gasteiger partial charge in [0.05, 0.1) is 6.10 Å². The van der Waals surface area contributed by atoms with Crippen molar-refractivity contribution in [3.63, 3.8) is 0 Å². The Balaban J connectivity index is 1.92. The predicted octanol–water partition coefficient (Wildman–Crippen LogP) is 4.78. The van der Waals surface area contributed by atoms with Crippen LogP contribution in [0.2, 0.25) is 0 Å². The molecule has 0 aliphatic heterocycles. The molecule has 2 nitrogen and oxygen atoms in total. The third-order valence-electron chi connectivity index (χ3n) is 5.28. The van der Waals surface area contributed by atoms with Gasteiger partial charge in [-0.3, -0.25) is 4.79 Å². The predicted molar refractivity (Wildman–Crippen MR) is 90.5 cm³/mol. The first-order chi connectivity index (χ1) is 10.5. The fourth-order valence-corrected chi connectivity index (χ4v) is 3.88. The smallest absolute Gasteiger partial charge is 0.136 e. The van der Waals surface area contributed by atoms with Crippen LogP contribution < -0.4 is 0 Å². The topological polar surface area (TPSA) is 37.3 Å². The molecule has 1 fully saturated rings. The van der Waals surface area contributed by atoms with Crippen LogP contribution >= 0.6 is 0 Å². The van der Waals surface area contributed by atoms with Gasteiger partial charge in [-0.05, 0) is 42.6 Å². The van der Waals surface area contributed by atoms with Crippen LogP contribution in [-0.2, 0) is 4.79 Å². The van der Waals surface area contributed by atoms with Crippen molar-refractivity contribution in [1.82, 2.24) is 0 Å². The van der Waals surface area contributed by atoms with E-state index in [4.69, 9.17) is 0 Å². The average Bonchev–Trinajstić information content (AvgIpc) is 2.52. The maximum Gasteiger partial charge on any atom is 0.136 e. The van der Waals surface area contributed by atoms with Gasteiger partial charge < -0.3 is 5.11 Å². The lowest BCUT2D eigenvalue weighted by Crippen LogP contribution is -2.33. The molecule has 1 saturated carbocycles. The van der Waals surface area contributed by atoms with Gasteiger partial charge in [-0.2, -0.15) is 0 Å². The van der Waals surface area contributed by atoms with Gasteiger partial charge in [-0.25, -0.2) is 0 Å². The minimum atomic E-state index is -0.524. The number of carbonyl (C=O) groups is 1. The summed E-state index contributed by atoms with van der Waals surface area (Å²) in [6, 6.07) is 9.65. The van der Waals surface area contributed by atoms with E-state index in [0.29, 0.717) is 36.4 Å². The number of rotatable bonds is 6. The fourth-order valence-electron chi connectivity index (χ4n) is 3.88. The second-order valence-electron chi connectivity index (χ2n) is 7.36. The molecule has 0 bridgehead atoms. The van der Waals surface area contributed by atoms with Crippen LogP contribution in [0.25, 0.3) is 0 Å². The van der Waals surface area contributed by atoms with Gasteiger partial charge in [-0.1, -0.05) is 57.5 Å². The number of aliphatic hydroxyl groups is 1. The SMILES string of the molecule is CC(C)[C@@H]1CC[C@@H](C)CC1C(=O)CCC(O)c1ccccc1. The maximum absolute atomic E-state index is 12.7. The minimum absolute atomic E-state index is 0.201. The third kappa shape index (κ3) is 4.42. The standard InChI is InChI=1S/C20H30O2/c1-14(2)17-10-9-15(3)13-18(17)20(22)12-11-19(21)16-7-5-4-6-8-16/h4-8,14-15,17-19,21H,9-13H2,1-3H3/t15-,17+,18?,19?/m1/s1. The molecule has 1 aliphatic rings. The van der Waals surface area contributed by atoms with Crippen molar-refractivity contribution in [3.8, 4) is 0 Å². The lowest BCUT2D eigenvalue weighted by Gasteiger charge is -2.36. The zero-order valence-corrected chi connectivity index (χ0v) is 14.2. The highest BCUT2D eigenvalue weighted by atomic mass is 16.3. The summed E-state index contributed by atoms with van der Waals surface area (Å²) in [6.07, 6.45) is 3.97. The maximum atomic E-state index is 12.7. The fraction of sp³-hybridized carbons (Fsp3) is 0.650. The summed E-state index contributed by atoms with van der Waals surface area (Å²) < 4.78 is 0. The van der Waals surface area contributed by atoms with E-state index in [-0.39, 0.29) is 5.92 Å². The first-order valence-corrected chi connectivity index (χ1v) is 8.74. The number of ketones is 1. The molecule has 0 heterocycles. The largest absolute Gasteiger partial charge is 0.388 e. The lowest BCUT2D eigenvalue weighted by atomic mass is 9.68. The third-order valence-corrected chi connectivity index (χ3v) is 5.28. The van der Waals surface area contributed by atoms with E-state index in [1.165, 1.54) is 12.8 Å². The zero-order valence-electron chi connectivity index (χ0n) is 14.2. The first kappa shape index (κ1) is 17.2. The highest BCUT2D eigenvalue weighted by Gasteiger charge is 2.34. The van der Waals surface area contributed by atoms with Crippen molar-refractivity contribution >= 4 is 5.78 Å². The van der Waals surface area contributed by atoms with Gasteiger partial charge in [0.15, 0.2) is 0 Å². The van der Waals surface area contributed by atoms with E-state index in [1.807, 2.05) is 30.3 Å². The molecule has 1 N–H and O–H groups in total. The van der Waals surface area contributed by atoms with E-state index in [1.54, 1.807) is 0 Å². The second kappa shape index (κ2) is 7.92. The highest BCUT2D eigenvalue weighted by molar-refractivity contribution is 5.81. The average molecular weight is 302 g/mol. The van der Waals surface area contributed by atoms with Crippen LogP contribution in [0.3, 0.4) is 0 Å². The molecule has 2 rings (SSSR count). The Morgan fingerprint density at radius 3 is 2.55 bits per heavy atom. The molecule has 1 aliphatic carbocycles. The molecule has 1 aromatic carbocycles. The molecule has 0 spiro atoms. The molecule has 0 aromatic heterocycles. The van der Waals surface area contributed by atoms with Crippen LogP contribution in [-0.4, -0.2) is 10.9 Å². The van der Waals surface area contributed by atoms with Crippen molar-refractivity contribution in [2.45, 2.75) is 59.0 Å². The zero-order chi connectivity index (χ0) is 16.1. The summed E-state index contributed by atoms with van der Waals surface area (Å²) in [4.78, 5) is 12.7. The van der Waals surface area contributed by atoms with Crippen LogP contribution in [0.4, 0.5) is 0 Å². The lowest BCUT2D eigenvalue weighted by molar-refractivity contribution is -0.127. The first-order valence-electron chi connectivity index (χ1n) is 8.74. The summed E-state index contributed by atoms with van der Waals surface area (Å²) >= 11 is 0. The van der Waals surface area contributed by atoms with Crippen LogP contribution in [0.15, 0.2) is 30.3 Å².